The molecule has 0 saturated heterocycles. The van der Waals surface area contributed by atoms with Crippen molar-refractivity contribution in [2.24, 2.45) is 9.98 Å². The summed E-state index contributed by atoms with van der Waals surface area (Å²) in [6, 6.07) is 8.14. The molecule has 0 aromatic heterocycles. The number of nitrogens with zero attached hydrogens (tertiary/aromatic N) is 2. The molecule has 74 valence electrons. The van der Waals surface area contributed by atoms with Crippen molar-refractivity contribution in [3.8, 4) is 0 Å². The molecule has 0 fully saturated rings. The van der Waals surface area contributed by atoms with Crippen LogP contribution in [0.15, 0.2) is 34.3 Å². The highest BCUT2D eigenvalue weighted by atomic mass is 16.3. The van der Waals surface area contributed by atoms with Crippen molar-refractivity contribution in [3.63, 3.8) is 0 Å². The smallest absolute Gasteiger partial charge is 0.150 e. The van der Waals surface area contributed by atoms with E-state index in [2.05, 4.69) is 28.2 Å². The zero-order chi connectivity index (χ0) is 10.3. The molecule has 2 aliphatic rings. The highest BCUT2D eigenvalue weighted by Crippen LogP contribution is 2.10. The molecule has 15 heavy (non-hydrogen) atoms. The van der Waals surface area contributed by atoms with Crippen LogP contribution in [0.2, 0.25) is 0 Å². The summed E-state index contributed by atoms with van der Waals surface area (Å²) in [5.41, 5.74) is 0.928. The number of benzene rings is 1. The van der Waals surface area contributed by atoms with Crippen LogP contribution in [0.5, 0.6) is 0 Å². The molecule has 1 unspecified atom stereocenters. The molecule has 1 aromatic carbocycles. The molecule has 3 rings (SSSR count). The zero-order valence-corrected chi connectivity index (χ0v) is 8.09. The van der Waals surface area contributed by atoms with Gasteiger partial charge in [-0.3, -0.25) is 4.99 Å². The van der Waals surface area contributed by atoms with Crippen LogP contribution in [0.4, 0.5) is 0 Å². The number of hydrogen-bond acceptors (Lipinski definition) is 3. The van der Waals surface area contributed by atoms with Crippen molar-refractivity contribution in [1.29, 1.82) is 0 Å². The summed E-state index contributed by atoms with van der Waals surface area (Å²) in [6.45, 7) is -0.0853. The third-order valence-electron chi connectivity index (χ3n) is 2.63. The first-order chi connectivity index (χ1) is 7.36. The Bertz CT molecular complexity index is 584. The molecule has 0 radical (unpaired) electrons. The van der Waals surface area contributed by atoms with Crippen LogP contribution in [0.1, 0.15) is 0 Å². The van der Waals surface area contributed by atoms with E-state index in [4.69, 9.17) is 5.11 Å². The van der Waals surface area contributed by atoms with E-state index in [9.17, 15) is 0 Å². The Morgan fingerprint density at radius 1 is 1.20 bits per heavy atom. The van der Waals surface area contributed by atoms with Crippen LogP contribution in [0, 0.1) is 0 Å². The standard InChI is InChI=1S/C12H10N2O/c15-7-12-13-10-5-8-3-1-2-4-9(8)6-11(10)14-12/h1-6,10,15H,7H2. The highest BCUT2D eigenvalue weighted by molar-refractivity contribution is 6.24. The Balaban J connectivity index is 2.21. The van der Waals surface area contributed by atoms with Gasteiger partial charge in [0.05, 0.1) is 5.71 Å². The number of rotatable bonds is 1. The van der Waals surface area contributed by atoms with Gasteiger partial charge in [-0.2, -0.15) is 0 Å². The predicted octanol–water partition coefficient (Wildman–Crippen LogP) is -0.525. The lowest BCUT2D eigenvalue weighted by Gasteiger charge is -2.06. The highest BCUT2D eigenvalue weighted by Gasteiger charge is 2.20. The number of amidine groups is 1. The van der Waals surface area contributed by atoms with Gasteiger partial charge >= 0.3 is 0 Å². The van der Waals surface area contributed by atoms with E-state index in [0.29, 0.717) is 5.84 Å². The molecule has 1 N–H and O–H groups in total. The number of aliphatic imine (C=N–C) groups is 2. The summed E-state index contributed by atoms with van der Waals surface area (Å²) in [5.74, 6) is 0.523. The van der Waals surface area contributed by atoms with Crippen molar-refractivity contribution in [1.82, 2.24) is 0 Å². The van der Waals surface area contributed by atoms with Gasteiger partial charge in [0.1, 0.15) is 18.5 Å². The predicted molar refractivity (Wildman–Crippen MR) is 60.4 cm³/mol. The van der Waals surface area contributed by atoms with Gasteiger partial charge in [0.25, 0.3) is 0 Å². The topological polar surface area (TPSA) is 45.0 Å². The summed E-state index contributed by atoms with van der Waals surface area (Å²) in [4.78, 5) is 8.56. The third kappa shape index (κ3) is 1.32. The molecule has 1 aromatic rings. The van der Waals surface area contributed by atoms with Gasteiger partial charge in [0.15, 0.2) is 0 Å². The van der Waals surface area contributed by atoms with Crippen LogP contribution < -0.4 is 10.4 Å². The van der Waals surface area contributed by atoms with E-state index >= 15 is 0 Å². The lowest BCUT2D eigenvalue weighted by Crippen LogP contribution is -2.33. The summed E-state index contributed by atoms with van der Waals surface area (Å²) < 4.78 is 0. The molecule has 0 spiro atoms. The molecule has 1 aliphatic carbocycles. The lowest BCUT2D eigenvalue weighted by atomic mass is 10.0. The maximum atomic E-state index is 8.96. The zero-order valence-electron chi connectivity index (χ0n) is 8.09. The first-order valence-electron chi connectivity index (χ1n) is 4.91. The van der Waals surface area contributed by atoms with Crippen LogP contribution in [-0.4, -0.2) is 29.3 Å². The second kappa shape index (κ2) is 3.14. The van der Waals surface area contributed by atoms with E-state index in [1.54, 1.807) is 0 Å². The van der Waals surface area contributed by atoms with Gasteiger partial charge in [-0.1, -0.05) is 24.3 Å². The van der Waals surface area contributed by atoms with Crippen molar-refractivity contribution in [2.75, 3.05) is 6.61 Å². The van der Waals surface area contributed by atoms with Gasteiger partial charge in [0.2, 0.25) is 0 Å². The molecule has 0 bridgehead atoms. The quantitative estimate of drug-likeness (QED) is 0.648. The fourth-order valence-corrected chi connectivity index (χ4v) is 1.91. The maximum absolute atomic E-state index is 8.96. The normalized spacial score (nSPS) is 21.8. The minimum atomic E-state index is -0.0853. The van der Waals surface area contributed by atoms with E-state index < -0.39 is 0 Å². The third-order valence-corrected chi connectivity index (χ3v) is 2.63. The monoisotopic (exact) mass is 198 g/mol. The Labute approximate surface area is 86.8 Å². The average Bonchev–Trinajstić information content (AvgIpc) is 2.67. The van der Waals surface area contributed by atoms with Crippen LogP contribution >= 0.6 is 0 Å². The van der Waals surface area contributed by atoms with Crippen molar-refractivity contribution in [3.05, 3.63) is 34.7 Å². The molecular formula is C12H10N2O. The molecular weight excluding hydrogens is 188 g/mol. The Kier molecular flexibility index (Phi) is 1.79. The maximum Gasteiger partial charge on any atom is 0.150 e. The molecule has 3 nitrogen and oxygen atoms in total. The number of aliphatic hydroxyl groups excluding tert-OH is 1. The minimum absolute atomic E-state index is 0.00190. The molecule has 0 amide bonds. The molecule has 0 saturated carbocycles. The van der Waals surface area contributed by atoms with Crippen molar-refractivity contribution in [2.45, 2.75) is 6.04 Å². The van der Waals surface area contributed by atoms with Gasteiger partial charge in [-0.15, -0.1) is 0 Å². The molecule has 1 heterocycles. The number of hydrogen-bond donors (Lipinski definition) is 1. The summed E-state index contributed by atoms with van der Waals surface area (Å²) >= 11 is 0. The number of fused-ring (bicyclic) bond motifs is 2. The van der Waals surface area contributed by atoms with E-state index in [1.807, 2.05) is 18.2 Å². The SMILES string of the molecule is OCC1=NC2C=c3ccccc3=CC2=N1. The fraction of sp³-hybridized carbons (Fsp3) is 0.167. The van der Waals surface area contributed by atoms with Crippen LogP contribution in [-0.2, 0) is 0 Å². The first-order valence-corrected chi connectivity index (χ1v) is 4.91. The lowest BCUT2D eigenvalue weighted by molar-refractivity contribution is 0.356. The minimum Gasteiger partial charge on any atom is -0.388 e. The Hall–Kier alpha value is -1.74. The molecule has 1 atom stereocenters. The number of aliphatic hydroxyl groups is 1. The fourth-order valence-electron chi connectivity index (χ4n) is 1.91. The first kappa shape index (κ1) is 8.56. The summed E-state index contributed by atoms with van der Waals surface area (Å²) in [7, 11) is 0. The second-order valence-electron chi connectivity index (χ2n) is 3.62. The molecule has 3 heteroatoms. The Morgan fingerprint density at radius 3 is 2.80 bits per heavy atom. The van der Waals surface area contributed by atoms with Gasteiger partial charge < -0.3 is 5.11 Å². The van der Waals surface area contributed by atoms with Crippen molar-refractivity contribution >= 4 is 23.7 Å². The molecule has 1 aliphatic heterocycles. The van der Waals surface area contributed by atoms with E-state index in [-0.39, 0.29) is 12.6 Å². The van der Waals surface area contributed by atoms with E-state index in [1.165, 1.54) is 10.4 Å². The van der Waals surface area contributed by atoms with Crippen LogP contribution in [0.3, 0.4) is 0 Å². The Morgan fingerprint density at radius 2 is 2.00 bits per heavy atom. The summed E-state index contributed by atoms with van der Waals surface area (Å²) in [5, 5.41) is 11.3. The average molecular weight is 198 g/mol. The summed E-state index contributed by atoms with van der Waals surface area (Å²) in [6.07, 6.45) is 4.11. The van der Waals surface area contributed by atoms with Gasteiger partial charge in [-0.05, 0) is 22.6 Å². The van der Waals surface area contributed by atoms with Gasteiger partial charge in [0, 0.05) is 0 Å². The van der Waals surface area contributed by atoms with Crippen molar-refractivity contribution < 1.29 is 5.11 Å². The van der Waals surface area contributed by atoms with E-state index in [0.717, 1.165) is 5.71 Å². The van der Waals surface area contributed by atoms with Crippen LogP contribution in [0.25, 0.3) is 12.2 Å². The van der Waals surface area contributed by atoms with Gasteiger partial charge in [-0.25, -0.2) is 4.99 Å². The largest absolute Gasteiger partial charge is 0.388 e. The second-order valence-corrected chi connectivity index (χ2v) is 3.62.